The van der Waals surface area contributed by atoms with Crippen LogP contribution in [-0.2, 0) is 23.2 Å². The molecule has 0 atom stereocenters. The lowest BCUT2D eigenvalue weighted by atomic mass is 10.2. The smallest absolute Gasteiger partial charge is 0.277 e. The van der Waals surface area contributed by atoms with Crippen molar-refractivity contribution in [1.29, 1.82) is 0 Å². The summed E-state index contributed by atoms with van der Waals surface area (Å²) in [5, 5.41) is 3.92. The van der Waals surface area contributed by atoms with Gasteiger partial charge in [0.05, 0.1) is 22.6 Å². The molecular weight excluding hydrogens is 338 g/mol. The van der Waals surface area contributed by atoms with Crippen LogP contribution in [0, 0.1) is 19.7 Å². The van der Waals surface area contributed by atoms with Crippen LogP contribution in [0.3, 0.4) is 0 Å². The molecule has 0 amide bonds. The Kier molecular flexibility index (Phi) is 4.14. The molecule has 126 valence electrons. The quantitative estimate of drug-likeness (QED) is 0.865. The Bertz CT molecular complexity index is 857. The molecule has 0 fully saturated rings. The zero-order valence-electron chi connectivity index (χ0n) is 12.4. The Morgan fingerprint density at radius 2 is 1.83 bits per heavy atom. The lowest BCUT2D eigenvalue weighted by Crippen LogP contribution is -2.17. The van der Waals surface area contributed by atoms with Gasteiger partial charge < -0.3 is 0 Å². The Morgan fingerprint density at radius 3 is 2.30 bits per heavy atom. The second-order valence-corrected chi connectivity index (χ2v) is 6.54. The Labute approximate surface area is 130 Å². The fourth-order valence-corrected chi connectivity index (χ4v) is 3.62. The molecule has 0 bridgehead atoms. The lowest BCUT2D eigenvalue weighted by Gasteiger charge is -2.12. The molecule has 0 saturated carbocycles. The minimum Gasteiger partial charge on any atom is -0.277 e. The molecule has 0 radical (unpaired) electrons. The van der Waals surface area contributed by atoms with Crippen molar-refractivity contribution in [3.05, 3.63) is 41.0 Å². The predicted molar refractivity (Wildman–Crippen MR) is 74.9 cm³/mol. The van der Waals surface area contributed by atoms with Crippen LogP contribution in [0.25, 0.3) is 0 Å². The average molecular weight is 351 g/mol. The Morgan fingerprint density at radius 1 is 1.22 bits per heavy atom. The van der Waals surface area contributed by atoms with Crippen molar-refractivity contribution in [2.75, 3.05) is 4.72 Å². The highest BCUT2D eigenvalue weighted by Crippen LogP contribution is 2.32. The molecule has 0 aliphatic heterocycles. The van der Waals surface area contributed by atoms with E-state index in [0.29, 0.717) is 18.2 Å². The summed E-state index contributed by atoms with van der Waals surface area (Å²) in [6.07, 6.45) is -4.71. The van der Waals surface area contributed by atoms with E-state index in [1.807, 2.05) is 4.72 Å². The zero-order valence-corrected chi connectivity index (χ0v) is 13.2. The molecule has 0 spiro atoms. The second-order valence-electron chi connectivity index (χ2n) is 4.92. The summed E-state index contributed by atoms with van der Waals surface area (Å²) in [6.45, 7) is 2.92. The van der Waals surface area contributed by atoms with Crippen LogP contribution in [0.4, 0.5) is 23.2 Å². The van der Waals surface area contributed by atoms with Gasteiger partial charge in [-0.2, -0.15) is 18.3 Å². The van der Waals surface area contributed by atoms with E-state index in [9.17, 15) is 26.0 Å². The van der Waals surface area contributed by atoms with Gasteiger partial charge in [0, 0.05) is 7.05 Å². The number of sulfonamides is 1. The first-order valence-electron chi connectivity index (χ1n) is 6.33. The maximum absolute atomic E-state index is 13.7. The number of benzene rings is 1. The van der Waals surface area contributed by atoms with Crippen molar-refractivity contribution < 1.29 is 26.0 Å². The minimum absolute atomic E-state index is 0.157. The fraction of sp³-hybridized carbons (Fsp3) is 0.308. The molecule has 1 heterocycles. The number of rotatable bonds is 3. The molecule has 2 rings (SSSR count). The topological polar surface area (TPSA) is 64.0 Å². The number of halogens is 4. The zero-order chi connectivity index (χ0) is 17.6. The molecular formula is C13H13F4N3O2S. The molecule has 0 aliphatic carbocycles. The molecule has 1 aromatic carbocycles. The molecule has 10 heteroatoms. The number of anilines is 1. The number of hydrogen-bond acceptors (Lipinski definition) is 3. The van der Waals surface area contributed by atoms with Gasteiger partial charge in [-0.1, -0.05) is 0 Å². The van der Waals surface area contributed by atoms with E-state index in [-0.39, 0.29) is 16.3 Å². The average Bonchev–Trinajstić information content (AvgIpc) is 2.64. The van der Waals surface area contributed by atoms with Crippen LogP contribution < -0.4 is 4.72 Å². The van der Waals surface area contributed by atoms with Gasteiger partial charge in [0.25, 0.3) is 10.0 Å². The number of aromatic nitrogens is 2. The SMILES string of the molecule is Cc1nn(C)c(C)c1S(=O)(=O)Nc1cc(C(F)(F)F)ccc1F. The van der Waals surface area contributed by atoms with Gasteiger partial charge in [-0.15, -0.1) is 0 Å². The maximum Gasteiger partial charge on any atom is 0.416 e. The van der Waals surface area contributed by atoms with Gasteiger partial charge in [0.2, 0.25) is 0 Å². The molecule has 23 heavy (non-hydrogen) atoms. The summed E-state index contributed by atoms with van der Waals surface area (Å²) in [5.74, 6) is -1.11. The summed E-state index contributed by atoms with van der Waals surface area (Å²) >= 11 is 0. The van der Waals surface area contributed by atoms with Gasteiger partial charge in [-0.25, -0.2) is 12.8 Å². The maximum atomic E-state index is 13.7. The third-order valence-electron chi connectivity index (χ3n) is 3.25. The standard InChI is InChI=1S/C13H13F4N3O2S/c1-7-12(8(2)20(3)18-7)23(21,22)19-11-6-9(13(15,16)17)4-5-10(11)14/h4-6,19H,1-3H3. The van der Waals surface area contributed by atoms with E-state index in [0.717, 1.165) is 0 Å². The first-order chi connectivity index (χ1) is 10.4. The molecule has 5 nitrogen and oxygen atoms in total. The van der Waals surface area contributed by atoms with E-state index in [2.05, 4.69) is 5.10 Å². The third kappa shape index (κ3) is 3.31. The fourth-order valence-electron chi connectivity index (χ4n) is 2.12. The molecule has 0 saturated heterocycles. The van der Waals surface area contributed by atoms with Crippen LogP contribution in [-0.4, -0.2) is 18.2 Å². The number of aryl methyl sites for hydroxylation is 2. The van der Waals surface area contributed by atoms with Gasteiger partial charge in [-0.3, -0.25) is 9.40 Å². The van der Waals surface area contributed by atoms with Crippen LogP contribution >= 0.6 is 0 Å². The molecule has 1 aromatic heterocycles. The van der Waals surface area contributed by atoms with Gasteiger partial charge in [-0.05, 0) is 32.0 Å². The number of alkyl halides is 3. The number of nitrogens with zero attached hydrogens (tertiary/aromatic N) is 2. The first kappa shape index (κ1) is 17.3. The number of hydrogen-bond donors (Lipinski definition) is 1. The van der Waals surface area contributed by atoms with E-state index in [4.69, 9.17) is 0 Å². The first-order valence-corrected chi connectivity index (χ1v) is 7.81. The number of nitrogens with one attached hydrogen (secondary N) is 1. The summed E-state index contributed by atoms with van der Waals surface area (Å²) in [5.41, 5.74) is -1.49. The predicted octanol–water partition coefficient (Wildman–Crippen LogP) is 3.00. The van der Waals surface area contributed by atoms with Crippen molar-refractivity contribution in [3.63, 3.8) is 0 Å². The normalized spacial score (nSPS) is 12.5. The Balaban J connectivity index is 2.49. The summed E-state index contributed by atoms with van der Waals surface area (Å²) in [4.78, 5) is -0.197. The van der Waals surface area contributed by atoms with E-state index >= 15 is 0 Å². The van der Waals surface area contributed by atoms with Gasteiger partial charge in [0.1, 0.15) is 10.7 Å². The van der Waals surface area contributed by atoms with Crippen LogP contribution in [0.1, 0.15) is 17.0 Å². The van der Waals surface area contributed by atoms with Crippen molar-refractivity contribution in [3.8, 4) is 0 Å². The summed E-state index contributed by atoms with van der Waals surface area (Å²) in [7, 11) is -2.76. The van der Waals surface area contributed by atoms with Crippen molar-refractivity contribution in [2.24, 2.45) is 7.05 Å². The van der Waals surface area contributed by atoms with Crippen LogP contribution in [0.15, 0.2) is 23.1 Å². The van der Waals surface area contributed by atoms with Gasteiger partial charge >= 0.3 is 6.18 Å². The molecule has 0 aliphatic rings. The highest BCUT2D eigenvalue weighted by molar-refractivity contribution is 7.92. The molecule has 1 N–H and O–H groups in total. The van der Waals surface area contributed by atoms with E-state index < -0.39 is 33.3 Å². The van der Waals surface area contributed by atoms with Gasteiger partial charge in [0.15, 0.2) is 0 Å². The van der Waals surface area contributed by atoms with Crippen LogP contribution in [0.5, 0.6) is 0 Å². The van der Waals surface area contributed by atoms with Crippen LogP contribution in [0.2, 0.25) is 0 Å². The monoisotopic (exact) mass is 351 g/mol. The Hall–Kier alpha value is -2.10. The summed E-state index contributed by atoms with van der Waals surface area (Å²) in [6, 6.07) is 1.51. The highest BCUT2D eigenvalue weighted by atomic mass is 32.2. The molecule has 2 aromatic rings. The van der Waals surface area contributed by atoms with Crippen molar-refractivity contribution in [2.45, 2.75) is 24.9 Å². The third-order valence-corrected chi connectivity index (χ3v) is 4.87. The lowest BCUT2D eigenvalue weighted by molar-refractivity contribution is -0.137. The van der Waals surface area contributed by atoms with Crippen molar-refractivity contribution >= 4 is 15.7 Å². The summed E-state index contributed by atoms with van der Waals surface area (Å²) < 4.78 is 79.6. The van der Waals surface area contributed by atoms with E-state index in [1.165, 1.54) is 25.6 Å². The largest absolute Gasteiger partial charge is 0.416 e. The highest BCUT2D eigenvalue weighted by Gasteiger charge is 2.32. The molecule has 0 unspecified atom stereocenters. The van der Waals surface area contributed by atoms with Crippen molar-refractivity contribution in [1.82, 2.24) is 9.78 Å². The van der Waals surface area contributed by atoms with E-state index in [1.54, 1.807) is 0 Å². The minimum atomic E-state index is -4.71. The second kappa shape index (κ2) is 5.52.